The van der Waals surface area contributed by atoms with E-state index in [-0.39, 0.29) is 22.7 Å². The van der Waals surface area contributed by atoms with Crippen LogP contribution in [0.15, 0.2) is 29.2 Å². The first-order chi connectivity index (χ1) is 9.68. The lowest BCUT2D eigenvalue weighted by Crippen LogP contribution is -2.29. The molecule has 1 aliphatic rings. The van der Waals surface area contributed by atoms with Gasteiger partial charge in [-0.15, -0.1) is 11.6 Å². The van der Waals surface area contributed by atoms with Gasteiger partial charge in [0, 0.05) is 11.9 Å². The van der Waals surface area contributed by atoms with Crippen LogP contribution >= 0.6 is 11.6 Å². The molecule has 118 valence electrons. The van der Waals surface area contributed by atoms with E-state index in [9.17, 15) is 21.6 Å². The maximum absolute atomic E-state index is 12.6. The normalized spacial score (nSPS) is 23.4. The van der Waals surface area contributed by atoms with Gasteiger partial charge in [-0.3, -0.25) is 0 Å². The van der Waals surface area contributed by atoms with Crippen LogP contribution in [0.4, 0.5) is 13.2 Å². The zero-order chi connectivity index (χ0) is 15.7. The number of hydrogen-bond acceptors (Lipinski definition) is 2. The molecule has 0 bridgehead atoms. The zero-order valence-corrected chi connectivity index (χ0v) is 12.6. The van der Waals surface area contributed by atoms with Crippen molar-refractivity contribution in [2.45, 2.75) is 35.7 Å². The number of sulfonamides is 1. The van der Waals surface area contributed by atoms with Crippen LogP contribution in [0, 0.1) is 5.92 Å². The Hall–Kier alpha value is -0.790. The molecule has 0 aromatic heterocycles. The van der Waals surface area contributed by atoms with Crippen molar-refractivity contribution >= 4 is 21.6 Å². The smallest absolute Gasteiger partial charge is 0.211 e. The van der Waals surface area contributed by atoms with E-state index in [4.69, 9.17) is 11.6 Å². The molecular formula is C13H15ClF3NO2S. The van der Waals surface area contributed by atoms with Gasteiger partial charge in [0.15, 0.2) is 0 Å². The number of halogens is 4. The van der Waals surface area contributed by atoms with E-state index in [0.717, 1.165) is 31.0 Å². The number of rotatable bonds is 4. The first-order valence-electron chi connectivity index (χ1n) is 6.49. The summed E-state index contributed by atoms with van der Waals surface area (Å²) in [5, 5.41) is 0.0491. The molecule has 0 amide bonds. The van der Waals surface area contributed by atoms with Gasteiger partial charge in [-0.25, -0.2) is 13.1 Å². The van der Waals surface area contributed by atoms with Crippen molar-refractivity contribution in [1.82, 2.24) is 4.72 Å². The van der Waals surface area contributed by atoms with E-state index in [1.807, 2.05) is 0 Å². The van der Waals surface area contributed by atoms with Gasteiger partial charge in [-0.1, -0.05) is 6.07 Å². The lowest BCUT2D eigenvalue weighted by molar-refractivity contribution is -0.137. The van der Waals surface area contributed by atoms with Crippen LogP contribution in [0.3, 0.4) is 0 Å². The topological polar surface area (TPSA) is 46.2 Å². The Kier molecular flexibility index (Phi) is 4.85. The van der Waals surface area contributed by atoms with Crippen LogP contribution < -0.4 is 4.72 Å². The Bertz CT molecular complexity index is 604. The first kappa shape index (κ1) is 16.6. The van der Waals surface area contributed by atoms with Gasteiger partial charge in [-0.05, 0) is 43.4 Å². The lowest BCUT2D eigenvalue weighted by atomic mass is 10.1. The largest absolute Gasteiger partial charge is 0.416 e. The Morgan fingerprint density at radius 1 is 1.29 bits per heavy atom. The first-order valence-corrected chi connectivity index (χ1v) is 8.41. The van der Waals surface area contributed by atoms with E-state index in [1.165, 1.54) is 0 Å². The second-order valence-corrected chi connectivity index (χ2v) is 7.54. The molecule has 1 aliphatic carbocycles. The van der Waals surface area contributed by atoms with Crippen molar-refractivity contribution in [3.05, 3.63) is 29.8 Å². The number of nitrogens with one attached hydrogen (secondary N) is 1. The van der Waals surface area contributed by atoms with Crippen molar-refractivity contribution in [2.24, 2.45) is 5.92 Å². The van der Waals surface area contributed by atoms with Gasteiger partial charge >= 0.3 is 6.18 Å². The highest BCUT2D eigenvalue weighted by atomic mass is 35.5. The van der Waals surface area contributed by atoms with Crippen LogP contribution in [0.2, 0.25) is 0 Å². The second-order valence-electron chi connectivity index (χ2n) is 5.15. The standard InChI is InChI=1S/C13H15ClF3NO2S/c14-11-5-4-9(6-11)8-18-21(19,20)12-3-1-2-10(7-12)13(15,16)17/h1-3,7,9,11,18H,4-6,8H2. The molecule has 1 fully saturated rings. The van der Waals surface area contributed by atoms with Crippen molar-refractivity contribution in [3.8, 4) is 0 Å². The Labute approximate surface area is 126 Å². The summed E-state index contributed by atoms with van der Waals surface area (Å²) in [5.41, 5.74) is -0.980. The predicted octanol–water partition coefficient (Wildman–Crippen LogP) is 3.39. The fraction of sp³-hybridized carbons (Fsp3) is 0.538. The second kappa shape index (κ2) is 6.14. The summed E-state index contributed by atoms with van der Waals surface area (Å²) in [7, 11) is -3.94. The summed E-state index contributed by atoms with van der Waals surface area (Å²) in [6, 6.07) is 3.72. The molecule has 3 nitrogen and oxygen atoms in total. The summed E-state index contributed by atoms with van der Waals surface area (Å²) >= 11 is 5.94. The van der Waals surface area contributed by atoms with Crippen LogP contribution in [-0.4, -0.2) is 20.3 Å². The average molecular weight is 342 g/mol. The van der Waals surface area contributed by atoms with E-state index < -0.39 is 21.8 Å². The van der Waals surface area contributed by atoms with Crippen LogP contribution in [0.1, 0.15) is 24.8 Å². The zero-order valence-electron chi connectivity index (χ0n) is 11.0. The molecule has 0 spiro atoms. The predicted molar refractivity (Wildman–Crippen MR) is 73.6 cm³/mol. The third-order valence-corrected chi connectivity index (χ3v) is 5.33. The molecule has 21 heavy (non-hydrogen) atoms. The molecular weight excluding hydrogens is 327 g/mol. The molecule has 1 aromatic carbocycles. The Morgan fingerprint density at radius 3 is 2.57 bits per heavy atom. The Balaban J connectivity index is 2.09. The Morgan fingerprint density at radius 2 is 2.00 bits per heavy atom. The molecule has 2 rings (SSSR count). The maximum Gasteiger partial charge on any atom is 0.416 e. The van der Waals surface area contributed by atoms with Crippen molar-refractivity contribution in [1.29, 1.82) is 0 Å². The van der Waals surface area contributed by atoms with Crippen LogP contribution in [0.25, 0.3) is 0 Å². The molecule has 2 atom stereocenters. The monoisotopic (exact) mass is 341 g/mol. The van der Waals surface area contributed by atoms with Gasteiger partial charge in [0.05, 0.1) is 10.5 Å². The SMILES string of the molecule is O=S(=O)(NCC1CCC(Cl)C1)c1cccc(C(F)(F)F)c1. The van der Waals surface area contributed by atoms with Gasteiger partial charge in [0.25, 0.3) is 0 Å². The van der Waals surface area contributed by atoms with E-state index >= 15 is 0 Å². The van der Waals surface area contributed by atoms with Crippen LogP contribution in [0.5, 0.6) is 0 Å². The van der Waals surface area contributed by atoms with Crippen molar-refractivity contribution < 1.29 is 21.6 Å². The van der Waals surface area contributed by atoms with E-state index in [2.05, 4.69) is 4.72 Å². The molecule has 1 aromatic rings. The van der Waals surface area contributed by atoms with Gasteiger partial charge < -0.3 is 0 Å². The lowest BCUT2D eigenvalue weighted by Gasteiger charge is -2.13. The average Bonchev–Trinajstić information content (AvgIpc) is 2.82. The van der Waals surface area contributed by atoms with E-state index in [1.54, 1.807) is 0 Å². The summed E-state index contributed by atoms with van der Waals surface area (Å²) in [6.07, 6.45) is -2.20. The van der Waals surface area contributed by atoms with Crippen molar-refractivity contribution in [2.75, 3.05) is 6.54 Å². The third kappa shape index (κ3) is 4.34. The minimum Gasteiger partial charge on any atom is -0.211 e. The quantitative estimate of drug-likeness (QED) is 0.853. The van der Waals surface area contributed by atoms with Gasteiger partial charge in [0.2, 0.25) is 10.0 Å². The third-order valence-electron chi connectivity index (χ3n) is 3.51. The molecule has 0 heterocycles. The molecule has 8 heteroatoms. The summed E-state index contributed by atoms with van der Waals surface area (Å²) in [5.74, 6) is 0.132. The van der Waals surface area contributed by atoms with Gasteiger partial charge in [0.1, 0.15) is 0 Å². The summed E-state index contributed by atoms with van der Waals surface area (Å²) < 4.78 is 64.2. The highest BCUT2D eigenvalue weighted by Gasteiger charge is 2.32. The fourth-order valence-electron chi connectivity index (χ4n) is 2.35. The summed E-state index contributed by atoms with van der Waals surface area (Å²) in [6.45, 7) is 0.196. The molecule has 1 N–H and O–H groups in total. The minimum absolute atomic E-state index is 0.0491. The molecule has 1 saturated carbocycles. The van der Waals surface area contributed by atoms with E-state index in [0.29, 0.717) is 12.5 Å². The molecule has 0 saturated heterocycles. The molecule has 0 radical (unpaired) electrons. The maximum atomic E-state index is 12.6. The number of alkyl halides is 4. The number of hydrogen-bond donors (Lipinski definition) is 1. The highest BCUT2D eigenvalue weighted by Crippen LogP contribution is 2.31. The number of benzene rings is 1. The summed E-state index contributed by atoms with van der Waals surface area (Å²) in [4.78, 5) is -0.377. The highest BCUT2D eigenvalue weighted by molar-refractivity contribution is 7.89. The van der Waals surface area contributed by atoms with Crippen LogP contribution in [-0.2, 0) is 16.2 Å². The fourth-order valence-corrected chi connectivity index (χ4v) is 3.89. The molecule has 0 aliphatic heterocycles. The molecule has 2 unspecified atom stereocenters. The van der Waals surface area contributed by atoms with Crippen molar-refractivity contribution in [3.63, 3.8) is 0 Å². The van der Waals surface area contributed by atoms with Gasteiger partial charge in [-0.2, -0.15) is 13.2 Å². The minimum atomic E-state index is -4.57.